The molecule has 10 heteroatoms. The molecule has 0 fully saturated rings. The van der Waals surface area contributed by atoms with Gasteiger partial charge in [0.15, 0.2) is 5.82 Å². The lowest BCUT2D eigenvalue weighted by Crippen LogP contribution is -2.42. The van der Waals surface area contributed by atoms with Gasteiger partial charge in [0.2, 0.25) is 5.60 Å². The van der Waals surface area contributed by atoms with Crippen LogP contribution in [0.2, 0.25) is 10.0 Å². The highest BCUT2D eigenvalue weighted by Gasteiger charge is 2.59. The third kappa shape index (κ3) is 3.23. The van der Waals surface area contributed by atoms with E-state index in [-0.39, 0.29) is 16.8 Å². The number of benzene rings is 2. The molecule has 2 aromatic rings. The van der Waals surface area contributed by atoms with Crippen molar-refractivity contribution in [1.82, 2.24) is 5.48 Å². The van der Waals surface area contributed by atoms with Gasteiger partial charge in [0.25, 0.3) is 0 Å². The van der Waals surface area contributed by atoms with E-state index in [4.69, 9.17) is 33.3 Å². The zero-order valence-electron chi connectivity index (χ0n) is 13.0. The van der Waals surface area contributed by atoms with Crippen LogP contribution in [0.5, 0.6) is 0 Å². The van der Waals surface area contributed by atoms with Gasteiger partial charge >= 0.3 is 6.18 Å². The predicted molar refractivity (Wildman–Crippen MR) is 87.5 cm³/mol. The first-order chi connectivity index (χ1) is 12.6. The fraction of sp³-hybridized carbons (Fsp3) is 0.118. The number of rotatable bonds is 2. The van der Waals surface area contributed by atoms with E-state index in [2.05, 4.69) is 5.48 Å². The number of alkyl halides is 3. The van der Waals surface area contributed by atoms with Gasteiger partial charge in [-0.3, -0.25) is 10.3 Å². The third-order valence-electron chi connectivity index (χ3n) is 3.90. The highest BCUT2D eigenvalue weighted by molar-refractivity contribution is 6.35. The van der Waals surface area contributed by atoms with Crippen LogP contribution in [0.15, 0.2) is 36.4 Å². The Morgan fingerprint density at radius 2 is 1.70 bits per heavy atom. The molecular formula is C17H7Cl2F5N2O. The van der Waals surface area contributed by atoms with E-state index in [1.807, 2.05) is 0 Å². The normalized spacial score (nSPS) is 19.4. The van der Waals surface area contributed by atoms with Crippen molar-refractivity contribution in [3.63, 3.8) is 0 Å². The summed E-state index contributed by atoms with van der Waals surface area (Å²) in [5.41, 5.74) is -1.90. The van der Waals surface area contributed by atoms with Crippen LogP contribution in [-0.4, -0.2) is 6.18 Å². The van der Waals surface area contributed by atoms with Crippen molar-refractivity contribution in [1.29, 1.82) is 5.26 Å². The predicted octanol–water partition coefficient (Wildman–Crippen LogP) is 5.48. The Bertz CT molecular complexity index is 977. The summed E-state index contributed by atoms with van der Waals surface area (Å²) < 4.78 is 68.6. The highest BCUT2D eigenvalue weighted by atomic mass is 35.5. The Kier molecular flexibility index (Phi) is 4.80. The molecule has 1 aliphatic rings. The average molecular weight is 421 g/mol. The van der Waals surface area contributed by atoms with Gasteiger partial charge in [0, 0.05) is 11.1 Å². The number of halogens is 7. The van der Waals surface area contributed by atoms with Gasteiger partial charge in [-0.1, -0.05) is 23.2 Å². The maximum atomic E-state index is 13.9. The van der Waals surface area contributed by atoms with Crippen LogP contribution in [-0.2, 0) is 10.4 Å². The van der Waals surface area contributed by atoms with Gasteiger partial charge in [-0.15, -0.1) is 0 Å². The van der Waals surface area contributed by atoms with Crippen molar-refractivity contribution in [3.8, 4) is 6.07 Å². The lowest BCUT2D eigenvalue weighted by molar-refractivity contribution is -0.269. The smallest absolute Gasteiger partial charge is 0.265 e. The Hall–Kier alpha value is -2.34. The molecule has 1 atom stereocenters. The molecule has 0 saturated heterocycles. The molecule has 2 aromatic carbocycles. The molecule has 1 unspecified atom stereocenters. The molecule has 1 heterocycles. The maximum Gasteiger partial charge on any atom is 0.428 e. The summed E-state index contributed by atoms with van der Waals surface area (Å²) in [6.07, 6.45) is -4.30. The highest BCUT2D eigenvalue weighted by Crippen LogP contribution is 2.48. The summed E-state index contributed by atoms with van der Waals surface area (Å²) in [6, 6.07) is 6.28. The minimum atomic E-state index is -4.98. The number of hydrogen-bond acceptors (Lipinski definition) is 3. The summed E-state index contributed by atoms with van der Waals surface area (Å²) in [7, 11) is 0. The first kappa shape index (κ1) is 19.4. The topological polar surface area (TPSA) is 45.0 Å². The number of hydroxylamine groups is 1. The molecule has 0 spiro atoms. The Morgan fingerprint density at radius 3 is 2.26 bits per heavy atom. The Balaban J connectivity index is 2.17. The number of nitriles is 1. The van der Waals surface area contributed by atoms with Crippen LogP contribution in [0.1, 0.15) is 16.7 Å². The van der Waals surface area contributed by atoms with Crippen LogP contribution >= 0.6 is 23.2 Å². The van der Waals surface area contributed by atoms with E-state index in [1.165, 1.54) is 6.07 Å². The van der Waals surface area contributed by atoms with Crippen molar-refractivity contribution in [2.24, 2.45) is 0 Å². The molecule has 0 bridgehead atoms. The number of hydrogen-bond donors (Lipinski definition) is 1. The lowest BCUT2D eigenvalue weighted by Gasteiger charge is -2.28. The molecule has 3 nitrogen and oxygen atoms in total. The van der Waals surface area contributed by atoms with E-state index in [9.17, 15) is 22.0 Å². The minimum absolute atomic E-state index is 0.0818. The van der Waals surface area contributed by atoms with Gasteiger partial charge in [-0.05, 0) is 36.4 Å². The molecule has 0 aliphatic carbocycles. The van der Waals surface area contributed by atoms with E-state index < -0.39 is 39.0 Å². The molecule has 3 rings (SSSR count). The summed E-state index contributed by atoms with van der Waals surface area (Å²) in [5.74, 6) is -1.88. The van der Waals surface area contributed by atoms with Gasteiger partial charge in [0.05, 0.1) is 21.3 Å². The molecule has 140 valence electrons. The number of nitrogens with one attached hydrogen (secondary N) is 1. The van der Waals surface area contributed by atoms with Crippen LogP contribution in [0.25, 0.3) is 5.70 Å². The van der Waals surface area contributed by atoms with Crippen molar-refractivity contribution in [2.45, 2.75) is 11.8 Å². The second-order valence-corrected chi connectivity index (χ2v) is 6.37. The molecule has 0 amide bonds. The first-order valence-electron chi connectivity index (χ1n) is 7.17. The molecule has 1 aliphatic heterocycles. The molecule has 0 saturated carbocycles. The minimum Gasteiger partial charge on any atom is -0.265 e. The zero-order chi connectivity index (χ0) is 20.0. The fourth-order valence-corrected chi connectivity index (χ4v) is 3.02. The van der Waals surface area contributed by atoms with Gasteiger partial charge < -0.3 is 0 Å². The van der Waals surface area contributed by atoms with E-state index in [1.54, 1.807) is 6.07 Å². The largest absolute Gasteiger partial charge is 0.428 e. The van der Waals surface area contributed by atoms with E-state index >= 15 is 0 Å². The van der Waals surface area contributed by atoms with Crippen molar-refractivity contribution < 1.29 is 26.8 Å². The molecular weight excluding hydrogens is 414 g/mol. The van der Waals surface area contributed by atoms with Gasteiger partial charge in [-0.25, -0.2) is 8.78 Å². The van der Waals surface area contributed by atoms with Crippen molar-refractivity contribution in [3.05, 3.63) is 74.8 Å². The van der Waals surface area contributed by atoms with Crippen molar-refractivity contribution >= 4 is 28.9 Å². The third-order valence-corrected chi connectivity index (χ3v) is 4.45. The first-order valence-corrected chi connectivity index (χ1v) is 7.93. The fourth-order valence-electron chi connectivity index (χ4n) is 2.53. The summed E-state index contributed by atoms with van der Waals surface area (Å²) in [6.45, 7) is 0. The van der Waals surface area contributed by atoms with Crippen molar-refractivity contribution in [2.75, 3.05) is 0 Å². The molecule has 0 aromatic heterocycles. The standard InChI is InChI=1S/C17H7Cl2F5N2O/c18-11-4-10(5-12(19)15(11)21)16(17(22,23)24)6-14(26-27-16)8-1-2-13(20)9(3-8)7-25/h1-6,26H. The maximum absolute atomic E-state index is 13.9. The quantitative estimate of drug-likeness (QED) is 0.516. The van der Waals surface area contributed by atoms with Gasteiger partial charge in [0.1, 0.15) is 11.9 Å². The molecule has 0 radical (unpaired) electrons. The summed E-state index contributed by atoms with van der Waals surface area (Å²) in [5, 5.41) is 7.65. The Labute approximate surface area is 159 Å². The average Bonchev–Trinajstić information content (AvgIpc) is 3.06. The lowest BCUT2D eigenvalue weighted by atomic mass is 9.91. The van der Waals surface area contributed by atoms with E-state index in [0.717, 1.165) is 24.3 Å². The Morgan fingerprint density at radius 1 is 1.07 bits per heavy atom. The van der Waals surface area contributed by atoms with Crippen LogP contribution < -0.4 is 5.48 Å². The summed E-state index contributed by atoms with van der Waals surface area (Å²) >= 11 is 11.2. The summed E-state index contributed by atoms with van der Waals surface area (Å²) in [4.78, 5) is 4.83. The van der Waals surface area contributed by atoms with Gasteiger partial charge in [-0.2, -0.15) is 18.4 Å². The van der Waals surface area contributed by atoms with Crippen LogP contribution in [0.3, 0.4) is 0 Å². The zero-order valence-corrected chi connectivity index (χ0v) is 14.5. The van der Waals surface area contributed by atoms with Crippen LogP contribution in [0.4, 0.5) is 22.0 Å². The SMILES string of the molecule is N#Cc1cc(C2=CC(c3cc(Cl)c(F)c(Cl)c3)(C(F)(F)F)ON2)ccc1F. The van der Waals surface area contributed by atoms with E-state index in [0.29, 0.717) is 6.08 Å². The molecule has 27 heavy (non-hydrogen) atoms. The second kappa shape index (κ2) is 6.68. The monoisotopic (exact) mass is 420 g/mol. The second-order valence-electron chi connectivity index (χ2n) is 5.56. The molecule has 1 N–H and O–H groups in total. The number of nitrogens with zero attached hydrogens (tertiary/aromatic N) is 1. The van der Waals surface area contributed by atoms with Crippen LogP contribution in [0, 0.1) is 23.0 Å².